The van der Waals surface area contributed by atoms with Crippen molar-refractivity contribution in [2.24, 2.45) is 11.7 Å². The lowest BCUT2D eigenvalue weighted by Gasteiger charge is -2.20. The fraction of sp³-hybridized carbons (Fsp3) is 0.818. The SMILES string of the molecule is CC(O)CN(C)C(=O)CNC(=O)[C@@H](N)C(C)C. The van der Waals surface area contributed by atoms with Crippen LogP contribution in [0, 0.1) is 5.92 Å². The lowest BCUT2D eigenvalue weighted by Crippen LogP contribution is -2.48. The third-order valence-corrected chi connectivity index (χ3v) is 2.40. The number of hydrogen-bond donors (Lipinski definition) is 3. The van der Waals surface area contributed by atoms with Crippen LogP contribution in [0.4, 0.5) is 0 Å². The van der Waals surface area contributed by atoms with Crippen LogP contribution in [-0.4, -0.2) is 54.1 Å². The van der Waals surface area contributed by atoms with Crippen molar-refractivity contribution < 1.29 is 14.7 Å². The topological polar surface area (TPSA) is 95.7 Å². The van der Waals surface area contributed by atoms with Gasteiger partial charge in [0.25, 0.3) is 0 Å². The Morgan fingerprint density at radius 1 is 1.35 bits per heavy atom. The van der Waals surface area contributed by atoms with Crippen molar-refractivity contribution in [3.05, 3.63) is 0 Å². The first-order chi connectivity index (χ1) is 7.75. The molecule has 4 N–H and O–H groups in total. The van der Waals surface area contributed by atoms with Crippen LogP contribution in [0.5, 0.6) is 0 Å². The van der Waals surface area contributed by atoms with Gasteiger partial charge in [-0.05, 0) is 12.8 Å². The first kappa shape index (κ1) is 15.9. The number of carbonyl (C=O) groups is 2. The Morgan fingerprint density at radius 3 is 2.29 bits per heavy atom. The molecule has 0 aromatic carbocycles. The smallest absolute Gasteiger partial charge is 0.241 e. The van der Waals surface area contributed by atoms with Crippen LogP contribution in [0.3, 0.4) is 0 Å². The van der Waals surface area contributed by atoms with Gasteiger partial charge in [0, 0.05) is 13.6 Å². The van der Waals surface area contributed by atoms with Gasteiger partial charge in [-0.1, -0.05) is 13.8 Å². The van der Waals surface area contributed by atoms with E-state index in [9.17, 15) is 9.59 Å². The van der Waals surface area contributed by atoms with Gasteiger partial charge in [0.1, 0.15) is 0 Å². The van der Waals surface area contributed by atoms with Gasteiger partial charge in [0.2, 0.25) is 11.8 Å². The number of nitrogens with two attached hydrogens (primary N) is 1. The van der Waals surface area contributed by atoms with Crippen LogP contribution in [0.15, 0.2) is 0 Å². The van der Waals surface area contributed by atoms with Gasteiger partial charge >= 0.3 is 0 Å². The number of hydrogen-bond acceptors (Lipinski definition) is 4. The summed E-state index contributed by atoms with van der Waals surface area (Å²) in [4.78, 5) is 24.4. The number of rotatable bonds is 6. The average Bonchev–Trinajstić information content (AvgIpc) is 2.22. The molecule has 6 nitrogen and oxygen atoms in total. The van der Waals surface area contributed by atoms with Crippen LogP contribution in [-0.2, 0) is 9.59 Å². The Kier molecular flexibility index (Phi) is 6.75. The highest BCUT2D eigenvalue weighted by Gasteiger charge is 2.18. The first-order valence-electron chi connectivity index (χ1n) is 5.71. The monoisotopic (exact) mass is 245 g/mol. The molecule has 17 heavy (non-hydrogen) atoms. The van der Waals surface area contributed by atoms with Gasteiger partial charge in [0.05, 0.1) is 18.7 Å². The molecule has 1 unspecified atom stereocenters. The van der Waals surface area contributed by atoms with Crippen molar-refractivity contribution in [3.8, 4) is 0 Å². The van der Waals surface area contributed by atoms with Crippen LogP contribution in [0.25, 0.3) is 0 Å². The van der Waals surface area contributed by atoms with E-state index >= 15 is 0 Å². The minimum atomic E-state index is -0.607. The molecule has 0 fully saturated rings. The minimum absolute atomic E-state index is 0.0281. The van der Waals surface area contributed by atoms with Crippen molar-refractivity contribution in [1.29, 1.82) is 0 Å². The minimum Gasteiger partial charge on any atom is -0.392 e. The van der Waals surface area contributed by atoms with Gasteiger partial charge in [-0.3, -0.25) is 9.59 Å². The van der Waals surface area contributed by atoms with Crippen molar-refractivity contribution in [3.63, 3.8) is 0 Å². The van der Waals surface area contributed by atoms with Gasteiger partial charge in [-0.2, -0.15) is 0 Å². The third kappa shape index (κ3) is 6.23. The van der Waals surface area contributed by atoms with Crippen molar-refractivity contribution in [2.75, 3.05) is 20.1 Å². The molecule has 0 saturated carbocycles. The quantitative estimate of drug-likeness (QED) is 0.555. The molecule has 0 saturated heterocycles. The number of nitrogens with zero attached hydrogens (tertiary/aromatic N) is 1. The molecule has 0 bridgehead atoms. The number of aliphatic hydroxyl groups is 1. The molecule has 100 valence electrons. The summed E-state index contributed by atoms with van der Waals surface area (Å²) >= 11 is 0. The fourth-order valence-electron chi connectivity index (χ4n) is 1.22. The maximum Gasteiger partial charge on any atom is 0.241 e. The van der Waals surface area contributed by atoms with Gasteiger partial charge < -0.3 is 21.1 Å². The summed E-state index contributed by atoms with van der Waals surface area (Å²) in [6.45, 7) is 5.42. The van der Waals surface area contributed by atoms with Crippen molar-refractivity contribution >= 4 is 11.8 Å². The standard InChI is InChI=1S/C11H23N3O3/c1-7(2)10(12)11(17)13-5-9(16)14(4)6-8(3)15/h7-8,10,15H,5-6,12H2,1-4H3,(H,13,17)/t8?,10-/m0/s1. The number of likely N-dealkylation sites (N-methyl/N-ethyl adjacent to an activating group) is 1. The van der Waals surface area contributed by atoms with Crippen LogP contribution >= 0.6 is 0 Å². The van der Waals surface area contributed by atoms with E-state index in [-0.39, 0.29) is 30.8 Å². The summed E-state index contributed by atoms with van der Waals surface area (Å²) in [7, 11) is 1.57. The molecule has 0 aliphatic carbocycles. The summed E-state index contributed by atoms with van der Waals surface area (Å²) < 4.78 is 0. The van der Waals surface area contributed by atoms with E-state index in [1.54, 1.807) is 14.0 Å². The Bertz CT molecular complexity index is 267. The molecule has 0 rings (SSSR count). The zero-order valence-corrected chi connectivity index (χ0v) is 10.9. The maximum atomic E-state index is 11.5. The Balaban J connectivity index is 4.03. The highest BCUT2D eigenvalue weighted by Crippen LogP contribution is 1.97. The molecular formula is C11H23N3O3. The second kappa shape index (κ2) is 7.24. The number of nitrogens with one attached hydrogen (secondary N) is 1. The van der Waals surface area contributed by atoms with Crippen LogP contribution in [0.1, 0.15) is 20.8 Å². The molecule has 0 aromatic heterocycles. The van der Waals surface area contributed by atoms with E-state index in [0.717, 1.165) is 0 Å². The van der Waals surface area contributed by atoms with Gasteiger partial charge in [-0.25, -0.2) is 0 Å². The summed E-state index contributed by atoms with van der Waals surface area (Å²) in [5, 5.41) is 11.6. The summed E-state index contributed by atoms with van der Waals surface area (Å²) in [5.41, 5.74) is 5.63. The third-order valence-electron chi connectivity index (χ3n) is 2.40. The lowest BCUT2D eigenvalue weighted by atomic mass is 10.1. The molecule has 0 aliphatic rings. The molecule has 2 amide bonds. The van der Waals surface area contributed by atoms with E-state index in [0.29, 0.717) is 0 Å². The zero-order chi connectivity index (χ0) is 13.6. The molecule has 0 aromatic rings. The first-order valence-corrected chi connectivity index (χ1v) is 5.71. The number of amides is 2. The largest absolute Gasteiger partial charge is 0.392 e. The highest BCUT2D eigenvalue weighted by molar-refractivity contribution is 5.87. The molecule has 0 radical (unpaired) electrons. The highest BCUT2D eigenvalue weighted by atomic mass is 16.3. The predicted molar refractivity (Wildman–Crippen MR) is 65.1 cm³/mol. The maximum absolute atomic E-state index is 11.5. The average molecular weight is 245 g/mol. The van der Waals surface area contributed by atoms with Crippen LogP contribution in [0.2, 0.25) is 0 Å². The molecular weight excluding hydrogens is 222 g/mol. The number of aliphatic hydroxyl groups excluding tert-OH is 1. The molecule has 2 atom stereocenters. The van der Waals surface area contributed by atoms with E-state index in [1.165, 1.54) is 4.90 Å². The lowest BCUT2D eigenvalue weighted by molar-refractivity contribution is -0.133. The molecule has 0 aliphatic heterocycles. The Hall–Kier alpha value is -1.14. The molecule has 0 spiro atoms. The van der Waals surface area contributed by atoms with E-state index < -0.39 is 12.1 Å². The predicted octanol–water partition coefficient (Wildman–Crippen LogP) is -1.07. The Morgan fingerprint density at radius 2 is 1.88 bits per heavy atom. The molecule has 0 heterocycles. The second-order valence-electron chi connectivity index (χ2n) is 4.61. The van der Waals surface area contributed by atoms with E-state index in [1.807, 2.05) is 13.8 Å². The summed E-state index contributed by atoms with van der Waals surface area (Å²) in [6, 6.07) is -0.607. The summed E-state index contributed by atoms with van der Waals surface area (Å²) in [5.74, 6) is -0.561. The van der Waals surface area contributed by atoms with Gasteiger partial charge in [0.15, 0.2) is 0 Å². The summed E-state index contributed by atoms with van der Waals surface area (Å²) in [6.07, 6.45) is -0.586. The zero-order valence-electron chi connectivity index (χ0n) is 10.9. The van der Waals surface area contributed by atoms with E-state index in [2.05, 4.69) is 5.32 Å². The van der Waals surface area contributed by atoms with Crippen molar-refractivity contribution in [2.45, 2.75) is 32.9 Å². The normalized spacial score (nSPS) is 14.3. The number of carbonyl (C=O) groups excluding carboxylic acids is 2. The van der Waals surface area contributed by atoms with E-state index in [4.69, 9.17) is 10.8 Å². The molecule has 6 heteroatoms. The fourth-order valence-corrected chi connectivity index (χ4v) is 1.22. The van der Waals surface area contributed by atoms with Gasteiger partial charge in [-0.15, -0.1) is 0 Å². The van der Waals surface area contributed by atoms with Crippen molar-refractivity contribution in [1.82, 2.24) is 10.2 Å². The second-order valence-corrected chi connectivity index (χ2v) is 4.61. The van der Waals surface area contributed by atoms with Crippen LogP contribution < -0.4 is 11.1 Å². The Labute approximate surface area is 102 Å².